The van der Waals surface area contributed by atoms with Crippen molar-refractivity contribution in [2.24, 2.45) is 5.92 Å². The fraction of sp³-hybridized carbons (Fsp3) is 0.333. The van der Waals surface area contributed by atoms with E-state index in [1.165, 1.54) is 14.2 Å². The third-order valence-electron chi connectivity index (χ3n) is 12.5. The van der Waals surface area contributed by atoms with Gasteiger partial charge in [0.2, 0.25) is 11.8 Å². The van der Waals surface area contributed by atoms with Crippen LogP contribution in [0.2, 0.25) is 5.15 Å². The molecule has 3 aromatic carbocycles. The Hall–Kier alpha value is -7.48. The lowest BCUT2D eigenvalue weighted by Crippen LogP contribution is -2.51. The number of aryl methyl sites for hydroxylation is 1. The molecule has 0 bridgehead atoms. The summed E-state index contributed by atoms with van der Waals surface area (Å²) < 4.78 is 41.3. The van der Waals surface area contributed by atoms with Gasteiger partial charge in [-0.25, -0.2) is 24.4 Å². The number of pyridine rings is 1. The number of anilines is 1. The smallest absolute Gasteiger partial charge is 0.475 e. The third-order valence-corrected chi connectivity index (χ3v) is 12.7. The number of carboxylic acids is 1. The van der Waals surface area contributed by atoms with E-state index in [1.54, 1.807) is 16.0 Å². The van der Waals surface area contributed by atoms with Crippen molar-refractivity contribution in [2.45, 2.75) is 76.3 Å². The molecule has 9 rings (SSSR count). The van der Waals surface area contributed by atoms with E-state index < -0.39 is 36.4 Å². The lowest BCUT2D eigenvalue weighted by atomic mass is 10.0. The van der Waals surface area contributed by atoms with Crippen molar-refractivity contribution in [3.8, 4) is 33.6 Å². The van der Waals surface area contributed by atoms with Crippen molar-refractivity contribution in [1.29, 1.82) is 0 Å². The summed E-state index contributed by atoms with van der Waals surface area (Å²) >= 11 is 6.71. The Morgan fingerprint density at radius 2 is 1.55 bits per heavy atom. The van der Waals surface area contributed by atoms with Gasteiger partial charge in [-0.2, -0.15) is 13.2 Å². The van der Waals surface area contributed by atoms with Crippen LogP contribution in [0.25, 0.3) is 44.5 Å². The van der Waals surface area contributed by atoms with E-state index in [-0.39, 0.29) is 29.8 Å². The summed E-state index contributed by atoms with van der Waals surface area (Å²) in [5.41, 5.74) is 9.01. The van der Waals surface area contributed by atoms with E-state index in [1.807, 2.05) is 68.6 Å². The molecule has 6 heterocycles. The molecule has 0 unspecified atom stereocenters. The molecule has 3 aliphatic heterocycles. The van der Waals surface area contributed by atoms with E-state index >= 15 is 0 Å². The Kier molecular flexibility index (Phi) is 13.7. The maximum Gasteiger partial charge on any atom is 0.490 e. The maximum atomic E-state index is 14.0. The fourth-order valence-corrected chi connectivity index (χ4v) is 9.27. The highest BCUT2D eigenvalue weighted by Gasteiger charge is 2.43. The van der Waals surface area contributed by atoms with Crippen LogP contribution in [0.15, 0.2) is 79.1 Å². The van der Waals surface area contributed by atoms with Crippen LogP contribution in [0, 0.1) is 5.92 Å². The number of carbonyl (C=O) groups excluding carboxylic acids is 4. The zero-order chi connectivity index (χ0) is 49.3. The normalized spacial score (nSPS) is 18.0. The minimum absolute atomic E-state index is 0.140. The molecule has 360 valence electrons. The number of amides is 4. The average Bonchev–Trinajstić information content (AvgIpc) is 4.16. The molecule has 0 spiro atoms. The van der Waals surface area contributed by atoms with Crippen LogP contribution in [-0.2, 0) is 36.7 Å². The number of benzene rings is 3. The van der Waals surface area contributed by atoms with Crippen molar-refractivity contribution in [3.05, 3.63) is 107 Å². The summed E-state index contributed by atoms with van der Waals surface area (Å²) in [6.45, 7) is 4.31. The van der Waals surface area contributed by atoms with E-state index in [0.29, 0.717) is 54.7 Å². The molecule has 69 heavy (non-hydrogen) atoms. The number of ether oxygens (including phenoxy) is 2. The van der Waals surface area contributed by atoms with Crippen molar-refractivity contribution >= 4 is 58.2 Å². The number of carboxylic acid groups (broad SMARTS) is 1. The number of aromatic amines is 2. The van der Waals surface area contributed by atoms with Crippen molar-refractivity contribution in [2.75, 3.05) is 25.7 Å². The van der Waals surface area contributed by atoms with Crippen LogP contribution >= 0.6 is 11.6 Å². The Bertz CT molecular complexity index is 2940. The molecule has 0 aliphatic carbocycles. The van der Waals surface area contributed by atoms with Gasteiger partial charge in [0.05, 0.1) is 55.1 Å². The number of alkyl halides is 3. The molecule has 21 heteroatoms. The number of alkyl carbamates (subject to hydrolysis) is 2. The first-order valence-corrected chi connectivity index (χ1v) is 22.4. The number of nitrogens with one attached hydrogen (secondary N) is 4. The summed E-state index contributed by atoms with van der Waals surface area (Å²) in [7, 11) is 2.57. The molecule has 4 atom stereocenters. The molecule has 1 fully saturated rings. The predicted octanol–water partition coefficient (Wildman–Crippen LogP) is 8.31. The number of fused-ring (bicyclic) bond motifs is 1. The number of likely N-dealkylation sites (tertiary alicyclic amines) is 1. The number of rotatable bonds is 9. The van der Waals surface area contributed by atoms with Crippen LogP contribution in [0.3, 0.4) is 0 Å². The van der Waals surface area contributed by atoms with Gasteiger partial charge in [0.25, 0.3) is 0 Å². The molecule has 1 saturated heterocycles. The topological polar surface area (TPSA) is 225 Å². The van der Waals surface area contributed by atoms with Gasteiger partial charge in [0.1, 0.15) is 23.7 Å². The fourth-order valence-electron chi connectivity index (χ4n) is 9.03. The van der Waals surface area contributed by atoms with E-state index in [4.69, 9.17) is 40.9 Å². The molecule has 0 saturated carbocycles. The highest BCUT2D eigenvalue weighted by atomic mass is 35.5. The molecule has 6 aromatic rings. The third kappa shape index (κ3) is 9.92. The standard InChI is InChI=1S/C46H46ClN9O6.C2HF3O2/c1-24(2)37(53-46(60)62-4)44(58)55-18-6-9-35(55)42-52-38(40(47)54-42)26-12-10-25(11-13-26)28-14-15-29-19-31(22-48-33(29)20-28)34-23-49-41(50-34)36-21-30-8-5-7-27-16-17-32(51-45(59)61-3)43(57)56(36)39(27)30;3-2(4,5)1(6)7/h5,7-8,10-15,19-20,22-24,32,35-37H,6,9,16-18,21H2,1-4H3,(H,49,50)(H,51,59)(H,52,54)(H,53,60);(H,6,7)/t32-,35-,36-,37-;/m0./s1. The van der Waals surface area contributed by atoms with Crippen LogP contribution in [-0.4, -0.2) is 104 Å². The molecular formula is C48H47ClF3N9O8. The molecule has 0 radical (unpaired) electrons. The van der Waals surface area contributed by atoms with Crippen LogP contribution in [0.4, 0.5) is 28.4 Å². The first kappa shape index (κ1) is 48.0. The Morgan fingerprint density at radius 1 is 0.855 bits per heavy atom. The number of carbonyl (C=O) groups is 5. The Balaban J connectivity index is 0.000000853. The summed E-state index contributed by atoms with van der Waals surface area (Å²) in [5, 5.41) is 13.8. The van der Waals surface area contributed by atoms with Crippen molar-refractivity contribution in [1.82, 2.24) is 40.5 Å². The molecular weight excluding hydrogens is 923 g/mol. The first-order valence-electron chi connectivity index (χ1n) is 22.0. The van der Waals surface area contributed by atoms with Gasteiger partial charge in [-0.15, -0.1) is 0 Å². The summed E-state index contributed by atoms with van der Waals surface area (Å²) in [6.07, 6.45) is 0.458. The van der Waals surface area contributed by atoms with E-state index in [0.717, 1.165) is 62.1 Å². The van der Waals surface area contributed by atoms with Gasteiger partial charge in [0, 0.05) is 35.7 Å². The number of aliphatic carboxylic acids is 1. The number of methoxy groups -OCH3 is 2. The second kappa shape index (κ2) is 19.6. The number of hydrogen-bond donors (Lipinski definition) is 5. The van der Waals surface area contributed by atoms with E-state index in [9.17, 15) is 32.3 Å². The molecule has 4 amide bonds. The number of aromatic nitrogens is 5. The lowest BCUT2D eigenvalue weighted by molar-refractivity contribution is -0.192. The highest BCUT2D eigenvalue weighted by Crippen LogP contribution is 2.45. The van der Waals surface area contributed by atoms with Gasteiger partial charge in [-0.1, -0.05) is 80.0 Å². The minimum atomic E-state index is -5.08. The van der Waals surface area contributed by atoms with Crippen LogP contribution < -0.4 is 15.5 Å². The quantitative estimate of drug-likeness (QED) is 0.0926. The SMILES string of the molecule is COC(=O)N[C@H]1CCc2cccc3c2N(C1=O)[C@H](c1ncc(-c2cnc4cc(-c5ccc(-c6[nH]c([C@@H]7CCCN7C(=O)[C@@H](NC(=O)OC)C(C)C)nc6Cl)cc5)ccc4c2)[nH]1)C3.O=C(O)C(F)(F)F. The van der Waals surface area contributed by atoms with Gasteiger partial charge >= 0.3 is 24.3 Å². The highest BCUT2D eigenvalue weighted by molar-refractivity contribution is 6.32. The second-order valence-electron chi connectivity index (χ2n) is 17.1. The largest absolute Gasteiger partial charge is 0.490 e. The number of H-pyrrole nitrogens is 2. The number of imidazole rings is 2. The van der Waals surface area contributed by atoms with Gasteiger partial charge < -0.3 is 40.1 Å². The average molecular weight is 970 g/mol. The first-order chi connectivity index (χ1) is 32.9. The van der Waals surface area contributed by atoms with Crippen molar-refractivity contribution < 1.29 is 51.7 Å². The minimum Gasteiger partial charge on any atom is -0.475 e. The zero-order valence-electron chi connectivity index (χ0n) is 37.7. The number of halogens is 4. The number of nitrogens with zero attached hydrogens (tertiary/aromatic N) is 5. The van der Waals surface area contributed by atoms with Crippen molar-refractivity contribution in [3.63, 3.8) is 0 Å². The second-order valence-corrected chi connectivity index (χ2v) is 17.5. The van der Waals surface area contributed by atoms with Gasteiger partial charge in [-0.3, -0.25) is 19.5 Å². The predicted molar refractivity (Wildman–Crippen MR) is 247 cm³/mol. The Labute approximate surface area is 397 Å². The lowest BCUT2D eigenvalue weighted by Gasteiger charge is -2.29. The number of hydrogen-bond acceptors (Lipinski definition) is 10. The van der Waals surface area contributed by atoms with Crippen LogP contribution in [0.1, 0.15) is 68.0 Å². The summed E-state index contributed by atoms with van der Waals surface area (Å²) in [5.74, 6) is -2.01. The molecule has 3 aromatic heterocycles. The molecule has 17 nitrogen and oxygen atoms in total. The number of para-hydroxylation sites is 1. The van der Waals surface area contributed by atoms with Gasteiger partial charge in [-0.05, 0) is 66.0 Å². The maximum absolute atomic E-state index is 14.0. The summed E-state index contributed by atoms with van der Waals surface area (Å²) in [6, 6.07) is 20.2. The monoisotopic (exact) mass is 969 g/mol. The van der Waals surface area contributed by atoms with E-state index in [2.05, 4.69) is 43.8 Å². The Morgan fingerprint density at radius 3 is 2.25 bits per heavy atom. The molecule has 3 aliphatic rings. The molecule has 5 N–H and O–H groups in total. The van der Waals surface area contributed by atoms with Crippen LogP contribution in [0.5, 0.6) is 0 Å². The van der Waals surface area contributed by atoms with Gasteiger partial charge in [0.15, 0.2) is 5.15 Å². The zero-order valence-corrected chi connectivity index (χ0v) is 38.4. The summed E-state index contributed by atoms with van der Waals surface area (Å²) in [4.78, 5) is 85.3.